The van der Waals surface area contributed by atoms with Crippen LogP contribution in [0.3, 0.4) is 0 Å². The van der Waals surface area contributed by atoms with E-state index in [1.807, 2.05) is 25.1 Å². The molecular formula is C14H16O3. The van der Waals surface area contributed by atoms with E-state index in [0.717, 1.165) is 36.1 Å². The van der Waals surface area contributed by atoms with E-state index < -0.39 is 0 Å². The summed E-state index contributed by atoms with van der Waals surface area (Å²) in [5.74, 6) is 1.03. The molecule has 3 nitrogen and oxygen atoms in total. The lowest BCUT2D eigenvalue weighted by atomic mass is 10.0. The third-order valence-electron chi connectivity index (χ3n) is 3.40. The van der Waals surface area contributed by atoms with Crippen LogP contribution in [0, 0.1) is 0 Å². The molecule has 1 aromatic carbocycles. The fourth-order valence-corrected chi connectivity index (χ4v) is 2.55. The van der Waals surface area contributed by atoms with E-state index in [4.69, 9.17) is 9.47 Å². The van der Waals surface area contributed by atoms with E-state index in [0.29, 0.717) is 6.61 Å². The molecule has 0 radical (unpaired) electrons. The maximum Gasteiger partial charge on any atom is 0.191 e. The number of carbonyl (C=O) groups excluding carboxylic acids is 1. The average molecular weight is 232 g/mol. The number of ketones is 1. The van der Waals surface area contributed by atoms with E-state index >= 15 is 0 Å². The van der Waals surface area contributed by atoms with Gasteiger partial charge in [0.15, 0.2) is 5.78 Å². The standard InChI is InChI=1S/C14H16O3/c1-9-7-11-8-10(4-5-12(11)17-9)14(15)13-3-2-6-16-13/h4-5,8-9,13H,2-3,6-7H2,1H3. The summed E-state index contributed by atoms with van der Waals surface area (Å²) in [6.07, 6.45) is 2.72. The molecule has 0 N–H and O–H groups in total. The number of hydrogen-bond donors (Lipinski definition) is 0. The van der Waals surface area contributed by atoms with Crippen LogP contribution < -0.4 is 4.74 Å². The van der Waals surface area contributed by atoms with Crippen molar-refractivity contribution in [2.45, 2.75) is 38.4 Å². The molecule has 17 heavy (non-hydrogen) atoms. The van der Waals surface area contributed by atoms with Gasteiger partial charge >= 0.3 is 0 Å². The van der Waals surface area contributed by atoms with E-state index in [-0.39, 0.29) is 18.0 Å². The zero-order chi connectivity index (χ0) is 11.8. The highest BCUT2D eigenvalue weighted by Gasteiger charge is 2.26. The van der Waals surface area contributed by atoms with E-state index in [1.165, 1.54) is 0 Å². The average Bonchev–Trinajstić information content (AvgIpc) is 2.94. The normalized spacial score (nSPS) is 26.6. The Labute approximate surface area is 101 Å². The molecule has 1 saturated heterocycles. The molecule has 1 aromatic rings. The molecule has 0 saturated carbocycles. The Hall–Kier alpha value is -1.35. The minimum Gasteiger partial charge on any atom is -0.490 e. The van der Waals surface area contributed by atoms with Crippen LogP contribution in [0.2, 0.25) is 0 Å². The van der Waals surface area contributed by atoms with Crippen LogP contribution in [-0.4, -0.2) is 24.6 Å². The predicted molar refractivity (Wildman–Crippen MR) is 63.5 cm³/mol. The first-order valence-electron chi connectivity index (χ1n) is 6.19. The molecule has 2 aliphatic rings. The first-order chi connectivity index (χ1) is 8.24. The molecule has 0 aromatic heterocycles. The Morgan fingerprint density at radius 3 is 3.06 bits per heavy atom. The largest absolute Gasteiger partial charge is 0.490 e. The summed E-state index contributed by atoms with van der Waals surface area (Å²) in [6, 6.07) is 5.71. The van der Waals surface area contributed by atoms with Gasteiger partial charge in [-0.1, -0.05) is 0 Å². The van der Waals surface area contributed by atoms with Crippen molar-refractivity contribution in [3.05, 3.63) is 29.3 Å². The van der Waals surface area contributed by atoms with Crippen LogP contribution in [0.1, 0.15) is 35.7 Å². The van der Waals surface area contributed by atoms with Crippen molar-refractivity contribution in [2.24, 2.45) is 0 Å². The second-order valence-electron chi connectivity index (χ2n) is 4.82. The van der Waals surface area contributed by atoms with Crippen molar-refractivity contribution >= 4 is 5.78 Å². The molecule has 2 atom stereocenters. The van der Waals surface area contributed by atoms with Crippen LogP contribution in [0.15, 0.2) is 18.2 Å². The molecule has 0 bridgehead atoms. The van der Waals surface area contributed by atoms with E-state index in [2.05, 4.69) is 0 Å². The van der Waals surface area contributed by atoms with Crippen molar-refractivity contribution in [1.29, 1.82) is 0 Å². The van der Waals surface area contributed by atoms with Crippen molar-refractivity contribution < 1.29 is 14.3 Å². The monoisotopic (exact) mass is 232 g/mol. The third kappa shape index (κ3) is 1.95. The molecule has 2 heterocycles. The highest BCUT2D eigenvalue weighted by atomic mass is 16.5. The van der Waals surface area contributed by atoms with Gasteiger partial charge in [0.05, 0.1) is 0 Å². The zero-order valence-corrected chi connectivity index (χ0v) is 9.94. The van der Waals surface area contributed by atoms with Gasteiger partial charge in [0.1, 0.15) is 18.0 Å². The lowest BCUT2D eigenvalue weighted by molar-refractivity contribution is 0.0643. The molecule has 0 spiro atoms. The van der Waals surface area contributed by atoms with Gasteiger partial charge in [-0.15, -0.1) is 0 Å². The van der Waals surface area contributed by atoms with Crippen LogP contribution in [-0.2, 0) is 11.2 Å². The smallest absolute Gasteiger partial charge is 0.191 e. The van der Waals surface area contributed by atoms with Crippen LogP contribution in [0.4, 0.5) is 0 Å². The van der Waals surface area contributed by atoms with E-state index in [1.54, 1.807) is 0 Å². The number of ether oxygens (including phenoxy) is 2. The van der Waals surface area contributed by atoms with Crippen molar-refractivity contribution in [2.75, 3.05) is 6.61 Å². The molecule has 2 aliphatic heterocycles. The Balaban J connectivity index is 1.84. The summed E-state index contributed by atoms with van der Waals surface area (Å²) in [7, 11) is 0. The summed E-state index contributed by atoms with van der Waals surface area (Å²) in [5.41, 5.74) is 1.90. The summed E-state index contributed by atoms with van der Waals surface area (Å²) < 4.78 is 11.1. The molecule has 1 fully saturated rings. The lowest BCUT2D eigenvalue weighted by Crippen LogP contribution is -2.19. The topological polar surface area (TPSA) is 35.5 Å². The quantitative estimate of drug-likeness (QED) is 0.734. The number of fused-ring (bicyclic) bond motifs is 1. The second-order valence-corrected chi connectivity index (χ2v) is 4.82. The van der Waals surface area contributed by atoms with Gasteiger partial charge in [0, 0.05) is 18.6 Å². The van der Waals surface area contributed by atoms with Crippen LogP contribution >= 0.6 is 0 Å². The Morgan fingerprint density at radius 2 is 2.29 bits per heavy atom. The molecule has 3 rings (SSSR count). The number of rotatable bonds is 2. The highest BCUT2D eigenvalue weighted by molar-refractivity contribution is 6.00. The van der Waals surface area contributed by atoms with Gasteiger partial charge in [0.25, 0.3) is 0 Å². The minimum atomic E-state index is -0.229. The Bertz CT molecular complexity index is 447. The van der Waals surface area contributed by atoms with Crippen molar-refractivity contribution in [3.63, 3.8) is 0 Å². The number of hydrogen-bond acceptors (Lipinski definition) is 3. The number of carbonyl (C=O) groups is 1. The maximum absolute atomic E-state index is 12.2. The minimum absolute atomic E-state index is 0.116. The number of Topliss-reactive ketones (excluding diaryl/α,β-unsaturated/α-hetero) is 1. The molecule has 0 amide bonds. The molecular weight excluding hydrogens is 216 g/mol. The Kier molecular flexibility index (Phi) is 2.63. The first kappa shape index (κ1) is 10.8. The van der Waals surface area contributed by atoms with Gasteiger partial charge in [-0.25, -0.2) is 0 Å². The second kappa shape index (κ2) is 4.15. The van der Waals surface area contributed by atoms with Crippen LogP contribution in [0.25, 0.3) is 0 Å². The highest BCUT2D eigenvalue weighted by Crippen LogP contribution is 2.30. The zero-order valence-electron chi connectivity index (χ0n) is 9.94. The maximum atomic E-state index is 12.2. The van der Waals surface area contributed by atoms with Gasteiger partial charge in [-0.05, 0) is 43.5 Å². The summed E-state index contributed by atoms with van der Waals surface area (Å²) >= 11 is 0. The lowest BCUT2D eigenvalue weighted by Gasteiger charge is -2.09. The van der Waals surface area contributed by atoms with Crippen LogP contribution in [0.5, 0.6) is 5.75 Å². The summed E-state index contributed by atoms with van der Waals surface area (Å²) in [6.45, 7) is 2.75. The molecule has 3 heteroatoms. The molecule has 0 aliphatic carbocycles. The van der Waals surface area contributed by atoms with Crippen molar-refractivity contribution in [3.8, 4) is 5.75 Å². The molecule has 2 unspecified atom stereocenters. The summed E-state index contributed by atoms with van der Waals surface area (Å²) in [4.78, 5) is 12.2. The predicted octanol–water partition coefficient (Wildman–Crippen LogP) is 2.37. The number of benzene rings is 1. The fraction of sp³-hybridized carbons (Fsp3) is 0.500. The van der Waals surface area contributed by atoms with E-state index in [9.17, 15) is 4.79 Å². The van der Waals surface area contributed by atoms with Gasteiger partial charge in [-0.3, -0.25) is 4.79 Å². The van der Waals surface area contributed by atoms with Gasteiger partial charge in [-0.2, -0.15) is 0 Å². The third-order valence-corrected chi connectivity index (χ3v) is 3.40. The summed E-state index contributed by atoms with van der Waals surface area (Å²) in [5, 5.41) is 0. The van der Waals surface area contributed by atoms with Gasteiger partial charge < -0.3 is 9.47 Å². The molecule has 90 valence electrons. The first-order valence-corrected chi connectivity index (χ1v) is 6.19. The van der Waals surface area contributed by atoms with Crippen molar-refractivity contribution in [1.82, 2.24) is 0 Å². The Morgan fingerprint density at radius 1 is 1.41 bits per heavy atom. The fourth-order valence-electron chi connectivity index (χ4n) is 2.55. The SMILES string of the molecule is CC1Cc2cc(C(=O)C3CCCO3)ccc2O1. The van der Waals surface area contributed by atoms with Gasteiger partial charge in [0.2, 0.25) is 0 Å².